The average Bonchev–Trinajstić information content (AvgIpc) is 1.85. The van der Waals surface area contributed by atoms with E-state index >= 15 is 0 Å². The summed E-state index contributed by atoms with van der Waals surface area (Å²) in [6.45, 7) is 4.59. The molecule has 60 valence electrons. The standard InChI is InChI=1S/C6H13.Al.HO2P.2H/c1-3-5-6-4-2;;1-3-2;;/h3H,4-6H2,1-2H3;;(H,1,2);;. The van der Waals surface area contributed by atoms with Gasteiger partial charge in [-0.1, -0.05) is 37.9 Å². The molecule has 1 atom stereocenters. The van der Waals surface area contributed by atoms with Crippen LogP contribution < -0.4 is 0 Å². The summed E-state index contributed by atoms with van der Waals surface area (Å²) >= 11 is 1.38. The van der Waals surface area contributed by atoms with Crippen molar-refractivity contribution in [3.05, 3.63) is 0 Å². The molecule has 0 aliphatic rings. The van der Waals surface area contributed by atoms with Gasteiger partial charge < -0.3 is 4.89 Å². The Hall–Kier alpha value is 0.592. The van der Waals surface area contributed by atoms with E-state index in [0.29, 0.717) is 0 Å². The lowest BCUT2D eigenvalue weighted by Crippen LogP contribution is -1.82. The van der Waals surface area contributed by atoms with Crippen molar-refractivity contribution in [2.75, 3.05) is 0 Å². The van der Waals surface area contributed by atoms with Gasteiger partial charge in [-0.2, -0.15) is 0 Å². The topological polar surface area (TPSA) is 37.3 Å². The molecule has 0 radical (unpaired) electrons. The molecule has 0 bridgehead atoms. The summed E-state index contributed by atoms with van der Waals surface area (Å²) in [5.74, 6) is 0. The van der Waals surface area contributed by atoms with Crippen molar-refractivity contribution in [2.24, 2.45) is 0 Å². The second-order valence-electron chi connectivity index (χ2n) is 2.62. The van der Waals surface area contributed by atoms with Gasteiger partial charge in [-0.25, -0.2) is 4.57 Å². The third-order valence-electron chi connectivity index (χ3n) is 1.14. The van der Waals surface area contributed by atoms with E-state index in [1.165, 1.54) is 35.6 Å². The van der Waals surface area contributed by atoms with Crippen molar-refractivity contribution in [3.63, 3.8) is 0 Å². The first-order chi connectivity index (χ1) is 4.68. The Bertz CT molecular complexity index is 68.8. The fourth-order valence-corrected chi connectivity index (χ4v) is 1.02. The predicted octanol–water partition coefficient (Wildman–Crippen LogP) is 1.80. The fourth-order valence-electron chi connectivity index (χ4n) is 0.612. The lowest BCUT2D eigenvalue weighted by molar-refractivity contribution is 0.524. The SMILES string of the molecule is CCCC[CH](C)[AlH2].O=PO. The molecule has 0 rings (SSSR count). The average molecular weight is 178 g/mol. The lowest BCUT2D eigenvalue weighted by atomic mass is 10.2. The number of unbranched alkanes of at least 4 members (excludes halogenated alkanes) is 1. The maximum atomic E-state index is 8.46. The summed E-state index contributed by atoms with van der Waals surface area (Å²) in [5.41, 5.74) is 0. The zero-order chi connectivity index (χ0) is 8.41. The van der Waals surface area contributed by atoms with Crippen LogP contribution in [-0.2, 0) is 4.57 Å². The van der Waals surface area contributed by atoms with Gasteiger partial charge in [-0.05, 0) is 0 Å². The number of hydrogen-bond acceptors (Lipinski definition) is 1. The predicted molar refractivity (Wildman–Crippen MR) is 47.3 cm³/mol. The summed E-state index contributed by atoms with van der Waals surface area (Å²) in [7, 11) is -0.833. The van der Waals surface area contributed by atoms with Crippen LogP contribution in [0.15, 0.2) is 0 Å². The van der Waals surface area contributed by atoms with Crippen LogP contribution in [0.5, 0.6) is 0 Å². The molecule has 0 heterocycles. The van der Waals surface area contributed by atoms with Crippen LogP contribution in [-0.4, -0.2) is 21.2 Å². The monoisotopic (exact) mass is 178 g/mol. The van der Waals surface area contributed by atoms with Gasteiger partial charge in [0.05, 0.1) is 0 Å². The second-order valence-corrected chi connectivity index (χ2v) is 4.75. The molecule has 0 aliphatic heterocycles. The van der Waals surface area contributed by atoms with Crippen LogP contribution in [0, 0.1) is 0 Å². The molecular formula is C6H16AlO2P. The van der Waals surface area contributed by atoms with Crippen molar-refractivity contribution in [3.8, 4) is 0 Å². The Kier molecular flexibility index (Phi) is 16.2. The molecular weight excluding hydrogens is 162 g/mol. The normalized spacial score (nSPS) is 11.9. The van der Waals surface area contributed by atoms with Crippen LogP contribution >= 0.6 is 8.69 Å². The Morgan fingerprint density at radius 3 is 2.20 bits per heavy atom. The lowest BCUT2D eigenvalue weighted by Gasteiger charge is -1.98. The summed E-state index contributed by atoms with van der Waals surface area (Å²) in [4.78, 5) is 6.99. The first-order valence-electron chi connectivity index (χ1n) is 3.65. The molecule has 0 aromatic rings. The smallest absolute Gasteiger partial charge is 0.310 e. The van der Waals surface area contributed by atoms with Crippen LogP contribution in [0.25, 0.3) is 0 Å². The minimum atomic E-state index is -0.833. The summed E-state index contributed by atoms with van der Waals surface area (Å²) in [6.07, 6.45) is 4.26. The molecule has 0 amide bonds. The van der Waals surface area contributed by atoms with Crippen molar-refractivity contribution >= 4 is 25.0 Å². The zero-order valence-corrected chi connectivity index (χ0v) is 9.90. The van der Waals surface area contributed by atoms with Crippen LogP contribution in [0.4, 0.5) is 0 Å². The fraction of sp³-hybridized carbons (Fsp3) is 1.00. The summed E-state index contributed by atoms with van der Waals surface area (Å²) < 4.78 is 9.50. The molecule has 1 unspecified atom stereocenters. The molecule has 0 saturated heterocycles. The Morgan fingerprint density at radius 1 is 1.70 bits per heavy atom. The highest BCUT2D eigenvalue weighted by Gasteiger charge is 1.89. The first kappa shape index (κ1) is 13.2. The highest BCUT2D eigenvalue weighted by atomic mass is 31.1. The van der Waals surface area contributed by atoms with E-state index < -0.39 is 8.69 Å². The molecule has 0 aromatic carbocycles. The van der Waals surface area contributed by atoms with Gasteiger partial charge in [-0.3, -0.25) is 0 Å². The molecule has 0 aliphatic carbocycles. The van der Waals surface area contributed by atoms with E-state index in [2.05, 4.69) is 13.8 Å². The number of rotatable bonds is 3. The van der Waals surface area contributed by atoms with Gasteiger partial charge in [0.25, 0.3) is 0 Å². The maximum Gasteiger partial charge on any atom is 0.324 e. The van der Waals surface area contributed by atoms with E-state index in [0.717, 1.165) is 4.78 Å². The third-order valence-corrected chi connectivity index (χ3v) is 1.71. The van der Waals surface area contributed by atoms with Crippen molar-refractivity contribution < 1.29 is 9.46 Å². The Balaban J connectivity index is 0. The largest absolute Gasteiger partial charge is 0.324 e. The van der Waals surface area contributed by atoms with E-state index in [1.807, 2.05) is 0 Å². The first-order valence-corrected chi connectivity index (χ1v) is 5.57. The third kappa shape index (κ3) is 23.5. The second kappa shape index (κ2) is 12.3. The highest BCUT2D eigenvalue weighted by molar-refractivity contribution is 7.16. The summed E-state index contributed by atoms with van der Waals surface area (Å²) in [5, 5.41) is 0. The minimum Gasteiger partial charge on any atom is -0.310 e. The highest BCUT2D eigenvalue weighted by Crippen LogP contribution is 2.07. The quantitative estimate of drug-likeness (QED) is 0.528. The van der Waals surface area contributed by atoms with E-state index in [9.17, 15) is 0 Å². The van der Waals surface area contributed by atoms with Gasteiger partial charge in [0, 0.05) is 0 Å². The Morgan fingerprint density at radius 2 is 2.10 bits per heavy atom. The molecule has 2 nitrogen and oxygen atoms in total. The molecule has 0 fully saturated rings. The van der Waals surface area contributed by atoms with Gasteiger partial charge in [0.1, 0.15) is 0 Å². The van der Waals surface area contributed by atoms with E-state index in [-0.39, 0.29) is 0 Å². The molecule has 4 heteroatoms. The molecule has 1 N–H and O–H groups in total. The van der Waals surface area contributed by atoms with Crippen molar-refractivity contribution in [1.29, 1.82) is 0 Å². The van der Waals surface area contributed by atoms with Crippen LogP contribution in [0.2, 0.25) is 4.78 Å². The zero-order valence-electron chi connectivity index (χ0n) is 7.00. The summed E-state index contributed by atoms with van der Waals surface area (Å²) in [6, 6.07) is 0. The minimum absolute atomic E-state index is 0.833. The van der Waals surface area contributed by atoms with E-state index in [1.54, 1.807) is 0 Å². The van der Waals surface area contributed by atoms with Gasteiger partial charge in [0.15, 0.2) is 0 Å². The van der Waals surface area contributed by atoms with Gasteiger partial charge >= 0.3 is 8.69 Å². The molecule has 0 spiro atoms. The molecule has 0 aromatic heterocycles. The molecule has 0 saturated carbocycles. The van der Waals surface area contributed by atoms with Gasteiger partial charge in [-0.15, -0.1) is 0 Å². The molecule has 10 heavy (non-hydrogen) atoms. The van der Waals surface area contributed by atoms with Crippen molar-refractivity contribution in [2.45, 2.75) is 37.9 Å². The Labute approximate surface area is 72.7 Å². The number of hydrogen-bond donors (Lipinski definition) is 1. The van der Waals surface area contributed by atoms with Crippen molar-refractivity contribution in [1.82, 2.24) is 0 Å². The van der Waals surface area contributed by atoms with E-state index in [4.69, 9.17) is 9.46 Å². The van der Waals surface area contributed by atoms with Crippen LogP contribution in [0.1, 0.15) is 33.1 Å². The maximum absolute atomic E-state index is 8.46. The van der Waals surface area contributed by atoms with Crippen LogP contribution in [0.3, 0.4) is 0 Å². The van der Waals surface area contributed by atoms with Gasteiger partial charge in [0.2, 0.25) is 16.3 Å².